The highest BCUT2D eigenvalue weighted by molar-refractivity contribution is 7.17. The third-order valence-electron chi connectivity index (χ3n) is 2.13. The van der Waals surface area contributed by atoms with E-state index < -0.39 is 5.91 Å². The molecule has 4 heteroatoms. The number of carbonyl (C=O) groups excluding carboxylic acids is 1. The van der Waals surface area contributed by atoms with Crippen molar-refractivity contribution < 1.29 is 4.79 Å². The van der Waals surface area contributed by atoms with E-state index in [0.29, 0.717) is 10.4 Å². The number of hydrogen-bond acceptors (Lipinski definition) is 3. The van der Waals surface area contributed by atoms with Gasteiger partial charge >= 0.3 is 0 Å². The summed E-state index contributed by atoms with van der Waals surface area (Å²) < 4.78 is 0. The third-order valence-corrected chi connectivity index (χ3v) is 3.27. The lowest BCUT2D eigenvalue weighted by Crippen LogP contribution is -2.07. The average molecular weight is 228 g/mol. The highest BCUT2D eigenvalue weighted by atomic mass is 32.1. The molecule has 0 atom stereocenters. The lowest BCUT2D eigenvalue weighted by Gasteiger charge is -1.96. The number of primary amides is 1. The highest BCUT2D eigenvalue weighted by Crippen LogP contribution is 2.28. The molecule has 16 heavy (non-hydrogen) atoms. The van der Waals surface area contributed by atoms with E-state index in [4.69, 9.17) is 11.0 Å². The molecular weight excluding hydrogens is 220 g/mol. The van der Waals surface area contributed by atoms with Crippen molar-refractivity contribution in [3.05, 3.63) is 46.8 Å². The molecule has 0 aliphatic rings. The fourth-order valence-corrected chi connectivity index (χ4v) is 2.22. The van der Waals surface area contributed by atoms with Crippen LogP contribution in [0.1, 0.15) is 15.2 Å². The van der Waals surface area contributed by atoms with Crippen molar-refractivity contribution in [3.63, 3.8) is 0 Å². The van der Waals surface area contributed by atoms with E-state index in [1.165, 1.54) is 11.3 Å². The van der Waals surface area contributed by atoms with Gasteiger partial charge < -0.3 is 5.73 Å². The summed E-state index contributed by atoms with van der Waals surface area (Å²) in [7, 11) is 0. The van der Waals surface area contributed by atoms with Crippen molar-refractivity contribution in [3.8, 4) is 16.5 Å². The van der Waals surface area contributed by atoms with Gasteiger partial charge in [-0.2, -0.15) is 5.26 Å². The van der Waals surface area contributed by atoms with Crippen LogP contribution < -0.4 is 5.73 Å². The van der Waals surface area contributed by atoms with Gasteiger partial charge in [0.1, 0.15) is 0 Å². The molecule has 1 heterocycles. The van der Waals surface area contributed by atoms with Crippen LogP contribution >= 0.6 is 11.3 Å². The second-order valence-corrected chi connectivity index (χ2v) is 4.30. The topological polar surface area (TPSA) is 66.9 Å². The van der Waals surface area contributed by atoms with Crippen LogP contribution in [0.25, 0.3) is 10.4 Å². The number of nitrogens with zero attached hydrogens (tertiary/aromatic N) is 1. The Morgan fingerprint density at radius 1 is 1.31 bits per heavy atom. The number of nitriles is 1. The Labute approximate surface area is 96.8 Å². The molecule has 3 nitrogen and oxygen atoms in total. The zero-order chi connectivity index (χ0) is 11.5. The largest absolute Gasteiger partial charge is 0.365 e. The molecule has 2 N–H and O–H groups in total. The Kier molecular flexibility index (Phi) is 2.71. The standard InChI is InChI=1S/C12H8N2OS/c13-7-8-2-1-3-9(6-8)10-4-5-11(16-10)12(14)15/h1-6H,(H2,14,15). The van der Waals surface area contributed by atoms with Crippen molar-refractivity contribution in [2.24, 2.45) is 5.73 Å². The molecule has 0 fully saturated rings. The monoisotopic (exact) mass is 228 g/mol. The maximum Gasteiger partial charge on any atom is 0.258 e. The zero-order valence-electron chi connectivity index (χ0n) is 8.31. The smallest absolute Gasteiger partial charge is 0.258 e. The highest BCUT2D eigenvalue weighted by Gasteiger charge is 2.06. The summed E-state index contributed by atoms with van der Waals surface area (Å²) in [6.07, 6.45) is 0. The molecule has 2 rings (SSSR count). The van der Waals surface area contributed by atoms with Crippen molar-refractivity contribution >= 4 is 17.2 Å². The van der Waals surface area contributed by atoms with Crippen LogP contribution in [0, 0.1) is 11.3 Å². The van der Waals surface area contributed by atoms with Crippen molar-refractivity contribution in [1.82, 2.24) is 0 Å². The first-order valence-corrected chi connectivity index (χ1v) is 5.42. The SMILES string of the molecule is N#Cc1cccc(-c2ccc(C(N)=O)s2)c1. The van der Waals surface area contributed by atoms with E-state index in [9.17, 15) is 4.79 Å². The summed E-state index contributed by atoms with van der Waals surface area (Å²) in [5.74, 6) is -0.423. The number of nitrogens with two attached hydrogens (primary N) is 1. The number of hydrogen-bond donors (Lipinski definition) is 1. The van der Waals surface area contributed by atoms with E-state index in [1.54, 1.807) is 18.2 Å². The summed E-state index contributed by atoms with van der Waals surface area (Å²) in [5, 5.41) is 8.78. The molecule has 0 saturated heterocycles. The molecule has 0 radical (unpaired) electrons. The van der Waals surface area contributed by atoms with Gasteiger partial charge in [0.2, 0.25) is 0 Å². The predicted molar refractivity (Wildman–Crippen MR) is 63.0 cm³/mol. The molecule has 0 aliphatic heterocycles. The van der Waals surface area contributed by atoms with Crippen LogP contribution in [0.3, 0.4) is 0 Å². The lowest BCUT2D eigenvalue weighted by atomic mass is 10.1. The summed E-state index contributed by atoms with van der Waals surface area (Å²) in [6.45, 7) is 0. The van der Waals surface area contributed by atoms with Crippen molar-refractivity contribution in [2.75, 3.05) is 0 Å². The number of thiophene rings is 1. The Balaban J connectivity index is 2.43. The van der Waals surface area contributed by atoms with Crippen molar-refractivity contribution in [1.29, 1.82) is 5.26 Å². The second-order valence-electron chi connectivity index (χ2n) is 3.22. The first kappa shape index (κ1) is 10.4. The van der Waals surface area contributed by atoms with Gasteiger partial charge in [0.05, 0.1) is 16.5 Å². The molecule has 0 saturated carbocycles. The molecule has 0 aliphatic carbocycles. The quantitative estimate of drug-likeness (QED) is 0.857. The van der Waals surface area contributed by atoms with Gasteiger partial charge in [-0.05, 0) is 29.8 Å². The Morgan fingerprint density at radius 2 is 2.12 bits per heavy atom. The molecule has 1 amide bonds. The first-order chi connectivity index (χ1) is 7.70. The summed E-state index contributed by atoms with van der Waals surface area (Å²) >= 11 is 1.33. The molecule has 2 aromatic rings. The fourth-order valence-electron chi connectivity index (χ4n) is 1.37. The minimum atomic E-state index is -0.423. The minimum absolute atomic E-state index is 0.423. The van der Waals surface area contributed by atoms with Crippen molar-refractivity contribution in [2.45, 2.75) is 0 Å². The number of carbonyl (C=O) groups is 1. The number of rotatable bonds is 2. The molecule has 0 spiro atoms. The van der Waals surface area contributed by atoms with E-state index in [2.05, 4.69) is 6.07 Å². The first-order valence-electron chi connectivity index (χ1n) is 4.61. The van der Waals surface area contributed by atoms with Gasteiger partial charge in [-0.15, -0.1) is 11.3 Å². The van der Waals surface area contributed by atoms with Gasteiger partial charge in [0, 0.05) is 4.88 Å². The predicted octanol–water partition coefficient (Wildman–Crippen LogP) is 2.39. The Bertz CT molecular complexity index is 581. The van der Waals surface area contributed by atoms with Gasteiger partial charge in [0.25, 0.3) is 5.91 Å². The number of amides is 1. The molecule has 0 bridgehead atoms. The van der Waals surface area contributed by atoms with Crippen LogP contribution in [0.5, 0.6) is 0 Å². The molecule has 78 valence electrons. The Morgan fingerprint density at radius 3 is 2.75 bits per heavy atom. The van der Waals surface area contributed by atoms with Gasteiger partial charge in [-0.1, -0.05) is 12.1 Å². The summed E-state index contributed by atoms with van der Waals surface area (Å²) in [5.41, 5.74) is 6.71. The summed E-state index contributed by atoms with van der Waals surface area (Å²) in [6, 6.07) is 12.9. The van der Waals surface area contributed by atoms with Crippen LogP contribution in [0.15, 0.2) is 36.4 Å². The van der Waals surface area contributed by atoms with Gasteiger partial charge in [-0.25, -0.2) is 0 Å². The average Bonchev–Trinajstić information content (AvgIpc) is 2.78. The van der Waals surface area contributed by atoms with Gasteiger partial charge in [-0.3, -0.25) is 4.79 Å². The van der Waals surface area contributed by atoms with E-state index in [0.717, 1.165) is 10.4 Å². The molecule has 1 aromatic carbocycles. The Hall–Kier alpha value is -2.12. The van der Waals surface area contributed by atoms with Crippen LogP contribution in [0.2, 0.25) is 0 Å². The van der Waals surface area contributed by atoms with E-state index >= 15 is 0 Å². The lowest BCUT2D eigenvalue weighted by molar-refractivity contribution is 0.100. The third kappa shape index (κ3) is 1.95. The molecular formula is C12H8N2OS. The number of benzene rings is 1. The minimum Gasteiger partial charge on any atom is -0.365 e. The van der Waals surface area contributed by atoms with Crippen LogP contribution in [0.4, 0.5) is 0 Å². The normalized spacial score (nSPS) is 9.69. The van der Waals surface area contributed by atoms with Gasteiger partial charge in [0.15, 0.2) is 0 Å². The molecule has 1 aromatic heterocycles. The maximum atomic E-state index is 10.9. The zero-order valence-corrected chi connectivity index (χ0v) is 9.12. The van der Waals surface area contributed by atoms with Crippen LogP contribution in [-0.2, 0) is 0 Å². The van der Waals surface area contributed by atoms with E-state index in [1.807, 2.05) is 18.2 Å². The van der Waals surface area contributed by atoms with Crippen LogP contribution in [-0.4, -0.2) is 5.91 Å². The summed E-state index contributed by atoms with van der Waals surface area (Å²) in [4.78, 5) is 12.4. The molecule has 0 unspecified atom stereocenters. The van der Waals surface area contributed by atoms with E-state index in [-0.39, 0.29) is 0 Å². The second kappa shape index (κ2) is 4.17. The fraction of sp³-hybridized carbons (Fsp3) is 0. The maximum absolute atomic E-state index is 10.9.